The highest BCUT2D eigenvalue weighted by Crippen LogP contribution is 2.27. The van der Waals surface area contributed by atoms with Gasteiger partial charge >= 0.3 is 0 Å². The molecule has 2 heterocycles. The van der Waals surface area contributed by atoms with Crippen LogP contribution in [0.5, 0.6) is 0 Å². The van der Waals surface area contributed by atoms with Crippen LogP contribution in [0.1, 0.15) is 63.1 Å². The lowest BCUT2D eigenvalue weighted by Crippen LogP contribution is -2.33. The normalized spacial score (nSPS) is 17.0. The van der Waals surface area contributed by atoms with Crippen molar-refractivity contribution in [1.82, 2.24) is 4.98 Å². The molecule has 0 N–H and O–H groups in total. The second kappa shape index (κ2) is 12.2. The molecule has 180 valence electrons. The second-order valence-electron chi connectivity index (χ2n) is 9.79. The van der Waals surface area contributed by atoms with Crippen molar-refractivity contribution in [3.8, 4) is 0 Å². The summed E-state index contributed by atoms with van der Waals surface area (Å²) in [7, 11) is 0. The highest BCUT2D eigenvalue weighted by atomic mass is 16.6. The molecule has 33 heavy (non-hydrogen) atoms. The number of hydrogen-bond donors (Lipinski definition) is 0. The number of ether oxygens (including phenoxy) is 1. The Morgan fingerprint density at radius 2 is 1.85 bits per heavy atom. The van der Waals surface area contributed by atoms with E-state index in [9.17, 15) is 0 Å². The highest BCUT2D eigenvalue weighted by molar-refractivity contribution is 5.60. The van der Waals surface area contributed by atoms with E-state index in [-0.39, 0.29) is 18.1 Å². The summed E-state index contributed by atoms with van der Waals surface area (Å²) in [5, 5.41) is 4.36. The number of anilines is 1. The molecule has 2 aromatic rings. The predicted octanol–water partition coefficient (Wildman–Crippen LogP) is 6.11. The second-order valence-corrected chi connectivity index (χ2v) is 9.79. The Hall–Kier alpha value is -2.40. The van der Waals surface area contributed by atoms with E-state index in [1.165, 1.54) is 35.3 Å². The minimum atomic E-state index is -0.0104. The summed E-state index contributed by atoms with van der Waals surface area (Å²) in [6, 6.07) is 12.6. The third-order valence-electron chi connectivity index (χ3n) is 6.43. The molecule has 0 saturated heterocycles. The predicted molar refractivity (Wildman–Crippen MR) is 137 cm³/mol. The van der Waals surface area contributed by atoms with Gasteiger partial charge in [-0.1, -0.05) is 56.3 Å². The van der Waals surface area contributed by atoms with E-state index in [2.05, 4.69) is 69.8 Å². The van der Waals surface area contributed by atoms with E-state index in [1.54, 1.807) is 0 Å². The number of benzene rings is 1. The van der Waals surface area contributed by atoms with E-state index < -0.39 is 0 Å². The smallest absolute Gasteiger partial charge is 0.142 e. The molecular formula is C28H41N3O2. The molecule has 0 amide bonds. The fourth-order valence-corrected chi connectivity index (χ4v) is 4.49. The van der Waals surface area contributed by atoms with Crippen LogP contribution >= 0.6 is 0 Å². The minimum absolute atomic E-state index is 0.0104. The summed E-state index contributed by atoms with van der Waals surface area (Å²) >= 11 is 0. The maximum Gasteiger partial charge on any atom is 0.142 e. The average molecular weight is 452 g/mol. The van der Waals surface area contributed by atoms with Crippen LogP contribution in [-0.4, -0.2) is 36.5 Å². The van der Waals surface area contributed by atoms with Crippen LogP contribution in [0.3, 0.4) is 0 Å². The molecule has 0 radical (unpaired) electrons. The van der Waals surface area contributed by atoms with Crippen molar-refractivity contribution < 1.29 is 9.57 Å². The van der Waals surface area contributed by atoms with Crippen LogP contribution in [0.25, 0.3) is 0 Å². The zero-order chi connectivity index (χ0) is 23.8. The Balaban J connectivity index is 1.55. The number of oxime groups is 1. The van der Waals surface area contributed by atoms with Gasteiger partial charge in [-0.15, -0.1) is 0 Å². The van der Waals surface area contributed by atoms with Gasteiger partial charge in [-0.05, 0) is 63.1 Å². The van der Waals surface area contributed by atoms with E-state index in [0.717, 1.165) is 25.2 Å². The number of aryl methyl sites for hydroxylation is 3. The summed E-state index contributed by atoms with van der Waals surface area (Å²) in [5.74, 6) is 0.551. The van der Waals surface area contributed by atoms with Crippen molar-refractivity contribution in [1.29, 1.82) is 0 Å². The first-order valence-electron chi connectivity index (χ1n) is 12.4. The number of aromatic nitrogens is 1. The third kappa shape index (κ3) is 7.29. The molecule has 1 unspecified atom stereocenters. The summed E-state index contributed by atoms with van der Waals surface area (Å²) in [5.41, 5.74) is 6.05. The minimum Gasteiger partial charge on any atom is -0.391 e. The molecule has 0 saturated carbocycles. The van der Waals surface area contributed by atoms with Gasteiger partial charge < -0.3 is 14.5 Å². The first-order valence-corrected chi connectivity index (χ1v) is 12.4. The van der Waals surface area contributed by atoms with Gasteiger partial charge in [0.15, 0.2) is 0 Å². The Morgan fingerprint density at radius 1 is 1.09 bits per heavy atom. The van der Waals surface area contributed by atoms with Gasteiger partial charge in [0.2, 0.25) is 0 Å². The lowest BCUT2D eigenvalue weighted by molar-refractivity contribution is -0.00762. The van der Waals surface area contributed by atoms with Crippen molar-refractivity contribution in [2.24, 2.45) is 17.0 Å². The molecule has 3 rings (SSSR count). The fraction of sp³-hybridized carbons (Fsp3) is 0.571. The van der Waals surface area contributed by atoms with Gasteiger partial charge in [0, 0.05) is 24.4 Å². The molecule has 5 heteroatoms. The highest BCUT2D eigenvalue weighted by Gasteiger charge is 2.22. The van der Waals surface area contributed by atoms with Gasteiger partial charge in [0.05, 0.1) is 30.6 Å². The third-order valence-corrected chi connectivity index (χ3v) is 6.43. The van der Waals surface area contributed by atoms with Crippen LogP contribution in [0.4, 0.5) is 5.69 Å². The van der Waals surface area contributed by atoms with Crippen molar-refractivity contribution in [3.63, 3.8) is 0 Å². The number of fused-ring (bicyclic) bond motifs is 1. The Bertz CT molecular complexity index is 898. The molecule has 0 fully saturated rings. The molecular weight excluding hydrogens is 410 g/mol. The van der Waals surface area contributed by atoms with E-state index in [0.29, 0.717) is 12.5 Å². The van der Waals surface area contributed by atoms with Gasteiger partial charge in [-0.25, -0.2) is 0 Å². The number of pyridine rings is 1. The summed E-state index contributed by atoms with van der Waals surface area (Å²) < 4.78 is 6.24. The molecule has 1 aliphatic heterocycles. The number of hydrogen-bond acceptors (Lipinski definition) is 5. The SMILES string of the molecule is Cc1cc2c(nc1C)CCCCN2CC(C)ON=C[C@@H](C)[C@H](OCc1ccccc1)C(C)C. The maximum atomic E-state index is 6.24. The average Bonchev–Trinajstić information content (AvgIpc) is 2.96. The van der Waals surface area contributed by atoms with E-state index in [4.69, 9.17) is 14.6 Å². The van der Waals surface area contributed by atoms with Crippen LogP contribution in [0.2, 0.25) is 0 Å². The van der Waals surface area contributed by atoms with Gasteiger partial charge in [-0.2, -0.15) is 0 Å². The van der Waals surface area contributed by atoms with Crippen molar-refractivity contribution in [2.75, 3.05) is 18.0 Å². The van der Waals surface area contributed by atoms with Crippen LogP contribution in [-0.2, 0) is 22.6 Å². The van der Waals surface area contributed by atoms with Gasteiger partial charge in [0.25, 0.3) is 0 Å². The molecule has 1 aliphatic rings. The molecule has 0 aliphatic carbocycles. The first kappa shape index (κ1) is 25.2. The molecule has 1 aromatic heterocycles. The van der Waals surface area contributed by atoms with E-state index in [1.807, 2.05) is 24.4 Å². The van der Waals surface area contributed by atoms with Crippen molar-refractivity contribution >= 4 is 11.9 Å². The van der Waals surface area contributed by atoms with Gasteiger partial charge in [0.1, 0.15) is 6.10 Å². The molecule has 1 aromatic carbocycles. The first-order chi connectivity index (χ1) is 15.8. The summed E-state index contributed by atoms with van der Waals surface area (Å²) in [6.07, 6.45) is 5.39. The van der Waals surface area contributed by atoms with Crippen LogP contribution in [0, 0.1) is 25.7 Å². The number of rotatable bonds is 10. The maximum absolute atomic E-state index is 6.24. The Kier molecular flexibility index (Phi) is 9.30. The zero-order valence-electron chi connectivity index (χ0n) is 21.3. The summed E-state index contributed by atoms with van der Waals surface area (Å²) in [4.78, 5) is 13.2. The lowest BCUT2D eigenvalue weighted by atomic mass is 9.95. The van der Waals surface area contributed by atoms with E-state index >= 15 is 0 Å². The summed E-state index contributed by atoms with van der Waals surface area (Å²) in [6.45, 7) is 15.3. The molecule has 0 bridgehead atoms. The van der Waals surface area contributed by atoms with Crippen LogP contribution < -0.4 is 4.90 Å². The molecule has 3 atom stereocenters. The Morgan fingerprint density at radius 3 is 2.58 bits per heavy atom. The largest absolute Gasteiger partial charge is 0.391 e. The van der Waals surface area contributed by atoms with Crippen molar-refractivity contribution in [2.45, 2.75) is 79.6 Å². The monoisotopic (exact) mass is 451 g/mol. The Labute approximate surface area is 200 Å². The fourth-order valence-electron chi connectivity index (χ4n) is 4.49. The topological polar surface area (TPSA) is 47.0 Å². The van der Waals surface area contributed by atoms with Crippen LogP contribution in [0.15, 0.2) is 41.6 Å². The number of nitrogens with zero attached hydrogens (tertiary/aromatic N) is 3. The zero-order valence-corrected chi connectivity index (χ0v) is 21.3. The molecule has 5 nitrogen and oxygen atoms in total. The van der Waals surface area contributed by atoms with Crippen molar-refractivity contribution in [3.05, 3.63) is 58.9 Å². The molecule has 0 spiro atoms. The standard InChI is InChI=1S/C28H41N3O2/c1-20(2)28(32-19-25-12-8-7-9-13-25)22(4)17-29-33-23(5)18-31-15-11-10-14-26-27(31)16-21(3)24(6)30-26/h7-9,12-13,16-17,20,22-23,28H,10-11,14-15,18-19H2,1-6H3/t22-,23?,28-/m1/s1. The quantitative estimate of drug-likeness (QED) is 0.323. The van der Waals surface area contributed by atoms with Gasteiger partial charge in [-0.3, -0.25) is 4.98 Å². The lowest BCUT2D eigenvalue weighted by Gasteiger charge is -2.28.